The van der Waals surface area contributed by atoms with E-state index in [0.717, 1.165) is 12.2 Å². The molecule has 0 aromatic heterocycles. The molecule has 0 N–H and O–H groups in total. The van der Waals surface area contributed by atoms with Gasteiger partial charge in [0.25, 0.3) is 0 Å². The van der Waals surface area contributed by atoms with Gasteiger partial charge < -0.3 is 9.47 Å². The number of allylic oxidation sites excluding steroid dienone is 1. The van der Waals surface area contributed by atoms with Gasteiger partial charge in [0.2, 0.25) is 0 Å². The van der Waals surface area contributed by atoms with Crippen molar-refractivity contribution in [1.82, 2.24) is 0 Å². The number of nitrogens with zero attached hydrogens (tertiary/aromatic N) is 1. The van der Waals surface area contributed by atoms with Crippen molar-refractivity contribution < 1.29 is 9.47 Å². The molecule has 0 saturated heterocycles. The first kappa shape index (κ1) is 17.1. The lowest BCUT2D eigenvalue weighted by molar-refractivity contribution is 0.233. The van der Waals surface area contributed by atoms with Gasteiger partial charge in [-0.05, 0) is 36.6 Å². The first-order chi connectivity index (χ1) is 10.2. The Morgan fingerprint density at radius 2 is 2.24 bits per heavy atom. The molecule has 1 aromatic carbocycles. The molecular formula is C18H23NO2. The SMILES string of the molecule is CCCCC(CC)COc1cc[c]c(C(=[C]C#N)OC)c1. The molecule has 112 valence electrons. The number of benzene rings is 1. The maximum atomic E-state index is 8.68. The van der Waals surface area contributed by atoms with Gasteiger partial charge in [0.05, 0.1) is 13.7 Å². The number of nitriles is 1. The summed E-state index contributed by atoms with van der Waals surface area (Å²) in [6.45, 7) is 5.12. The molecular weight excluding hydrogens is 262 g/mol. The molecule has 1 aromatic rings. The number of methoxy groups -OCH3 is 1. The molecule has 0 aliphatic carbocycles. The zero-order valence-electron chi connectivity index (χ0n) is 13.1. The molecule has 2 radical (unpaired) electrons. The molecule has 0 saturated carbocycles. The van der Waals surface area contributed by atoms with Crippen LogP contribution in [0.2, 0.25) is 0 Å². The largest absolute Gasteiger partial charge is 0.495 e. The van der Waals surface area contributed by atoms with Crippen LogP contribution in [-0.4, -0.2) is 13.7 Å². The number of hydrogen-bond acceptors (Lipinski definition) is 3. The van der Waals surface area contributed by atoms with Crippen LogP contribution in [0.1, 0.15) is 45.1 Å². The maximum absolute atomic E-state index is 8.68. The monoisotopic (exact) mass is 285 g/mol. The van der Waals surface area contributed by atoms with Crippen LogP contribution in [-0.2, 0) is 4.74 Å². The van der Waals surface area contributed by atoms with Gasteiger partial charge in [0.1, 0.15) is 23.7 Å². The summed E-state index contributed by atoms with van der Waals surface area (Å²) < 4.78 is 11.0. The Labute approximate surface area is 128 Å². The second kappa shape index (κ2) is 9.88. The second-order valence-electron chi connectivity index (χ2n) is 4.94. The fraction of sp³-hybridized carbons (Fsp3) is 0.500. The minimum Gasteiger partial charge on any atom is -0.495 e. The number of hydrogen-bond donors (Lipinski definition) is 0. The summed E-state index contributed by atoms with van der Waals surface area (Å²) in [5.41, 5.74) is 0.679. The van der Waals surface area contributed by atoms with E-state index in [2.05, 4.69) is 26.0 Å². The molecule has 0 aliphatic heterocycles. The van der Waals surface area contributed by atoms with Crippen LogP contribution in [0.15, 0.2) is 18.2 Å². The maximum Gasteiger partial charge on any atom is 0.146 e. The number of ether oxygens (including phenoxy) is 2. The third-order valence-corrected chi connectivity index (χ3v) is 3.42. The highest BCUT2D eigenvalue weighted by Gasteiger charge is 2.08. The lowest BCUT2D eigenvalue weighted by atomic mass is 10.0. The summed E-state index contributed by atoms with van der Waals surface area (Å²) in [5, 5.41) is 8.68. The Kier molecular flexibility index (Phi) is 8.04. The lowest BCUT2D eigenvalue weighted by Gasteiger charge is -2.16. The van der Waals surface area contributed by atoms with Crippen LogP contribution in [0, 0.1) is 29.4 Å². The first-order valence-electron chi connectivity index (χ1n) is 7.46. The summed E-state index contributed by atoms with van der Waals surface area (Å²) in [6, 6.07) is 10.3. The predicted octanol–water partition coefficient (Wildman–Crippen LogP) is 4.40. The van der Waals surface area contributed by atoms with Crippen molar-refractivity contribution >= 4 is 5.76 Å². The summed E-state index contributed by atoms with van der Waals surface area (Å²) in [7, 11) is 1.51. The zero-order valence-corrected chi connectivity index (χ0v) is 13.1. The highest BCUT2D eigenvalue weighted by atomic mass is 16.5. The van der Waals surface area contributed by atoms with Crippen molar-refractivity contribution in [3.63, 3.8) is 0 Å². The lowest BCUT2D eigenvalue weighted by Crippen LogP contribution is -2.11. The van der Waals surface area contributed by atoms with Crippen molar-refractivity contribution in [3.8, 4) is 11.8 Å². The van der Waals surface area contributed by atoms with Crippen LogP contribution in [0.3, 0.4) is 0 Å². The molecule has 1 atom stereocenters. The van der Waals surface area contributed by atoms with E-state index in [0.29, 0.717) is 23.8 Å². The number of unbranched alkanes of at least 4 members (excludes halogenated alkanes) is 1. The average molecular weight is 285 g/mol. The Balaban J connectivity index is 2.68. The van der Waals surface area contributed by atoms with Crippen LogP contribution in [0.5, 0.6) is 5.75 Å². The van der Waals surface area contributed by atoms with Crippen molar-refractivity contribution in [2.75, 3.05) is 13.7 Å². The quantitative estimate of drug-likeness (QED) is 0.499. The second-order valence-corrected chi connectivity index (χ2v) is 4.94. The van der Waals surface area contributed by atoms with E-state index in [9.17, 15) is 0 Å². The van der Waals surface area contributed by atoms with E-state index in [1.807, 2.05) is 18.2 Å². The van der Waals surface area contributed by atoms with Crippen molar-refractivity contribution in [3.05, 3.63) is 35.9 Å². The normalized spacial score (nSPS) is 12.6. The van der Waals surface area contributed by atoms with Crippen molar-refractivity contribution in [2.24, 2.45) is 5.92 Å². The molecule has 0 heterocycles. The third-order valence-electron chi connectivity index (χ3n) is 3.42. The standard InChI is InChI=1S/C18H23NO2/c1-4-6-8-15(5-2)14-21-17-10-7-9-16(13-17)18(20-3)11-12-19/h7,10,13,15H,4-6,8,14H2,1-3H3. The summed E-state index contributed by atoms with van der Waals surface area (Å²) in [4.78, 5) is 0. The van der Waals surface area contributed by atoms with Gasteiger partial charge in [-0.3, -0.25) is 0 Å². The average Bonchev–Trinajstić information content (AvgIpc) is 2.53. The highest BCUT2D eigenvalue weighted by molar-refractivity contribution is 5.60. The zero-order chi connectivity index (χ0) is 15.5. The highest BCUT2D eigenvalue weighted by Crippen LogP contribution is 2.21. The molecule has 0 amide bonds. The van der Waals surface area contributed by atoms with Crippen LogP contribution >= 0.6 is 0 Å². The van der Waals surface area contributed by atoms with E-state index >= 15 is 0 Å². The van der Waals surface area contributed by atoms with Crippen molar-refractivity contribution in [2.45, 2.75) is 39.5 Å². The van der Waals surface area contributed by atoms with E-state index in [4.69, 9.17) is 14.7 Å². The molecule has 3 heteroatoms. The van der Waals surface area contributed by atoms with Gasteiger partial charge >= 0.3 is 0 Å². The van der Waals surface area contributed by atoms with Gasteiger partial charge in [0.15, 0.2) is 0 Å². The summed E-state index contributed by atoms with van der Waals surface area (Å²) >= 11 is 0. The molecule has 1 rings (SSSR count). The summed E-state index contributed by atoms with van der Waals surface area (Å²) in [6.07, 6.45) is 7.27. The van der Waals surface area contributed by atoms with Gasteiger partial charge in [0, 0.05) is 5.56 Å². The van der Waals surface area contributed by atoms with E-state index < -0.39 is 0 Å². The predicted molar refractivity (Wildman–Crippen MR) is 83.4 cm³/mol. The van der Waals surface area contributed by atoms with Crippen molar-refractivity contribution in [1.29, 1.82) is 5.26 Å². The van der Waals surface area contributed by atoms with Crippen LogP contribution < -0.4 is 4.74 Å². The van der Waals surface area contributed by atoms with Gasteiger partial charge in [-0.15, -0.1) is 0 Å². The molecule has 3 nitrogen and oxygen atoms in total. The fourth-order valence-electron chi connectivity index (χ4n) is 2.06. The summed E-state index contributed by atoms with van der Waals surface area (Å²) in [5.74, 6) is 1.73. The molecule has 1 unspecified atom stereocenters. The van der Waals surface area contributed by atoms with E-state index in [1.54, 1.807) is 6.07 Å². The van der Waals surface area contributed by atoms with E-state index in [-0.39, 0.29) is 0 Å². The minimum absolute atomic E-state index is 0.376. The Morgan fingerprint density at radius 3 is 2.86 bits per heavy atom. The first-order valence-corrected chi connectivity index (χ1v) is 7.46. The number of rotatable bonds is 9. The van der Waals surface area contributed by atoms with Gasteiger partial charge in [-0.25, -0.2) is 0 Å². The Hall–Kier alpha value is -1.95. The van der Waals surface area contributed by atoms with E-state index in [1.165, 1.54) is 26.4 Å². The molecule has 0 bridgehead atoms. The van der Waals surface area contributed by atoms with Gasteiger partial charge in [-0.1, -0.05) is 33.1 Å². The van der Waals surface area contributed by atoms with Crippen LogP contribution in [0.4, 0.5) is 0 Å². The van der Waals surface area contributed by atoms with Gasteiger partial charge in [-0.2, -0.15) is 5.26 Å². The molecule has 0 aliphatic rings. The van der Waals surface area contributed by atoms with Crippen LogP contribution in [0.25, 0.3) is 5.76 Å². The fourth-order valence-corrected chi connectivity index (χ4v) is 2.06. The minimum atomic E-state index is 0.376. The topological polar surface area (TPSA) is 42.2 Å². The third kappa shape index (κ3) is 5.91. The molecule has 21 heavy (non-hydrogen) atoms. The molecule has 0 fully saturated rings. The molecule has 0 spiro atoms. The Bertz CT molecular complexity index is 488. The Morgan fingerprint density at radius 1 is 1.43 bits per heavy atom. The smallest absolute Gasteiger partial charge is 0.146 e.